The molecular weight excluding hydrogens is 435 g/mol. The molecule has 1 saturated heterocycles. The summed E-state index contributed by atoms with van der Waals surface area (Å²) in [7, 11) is 0. The first kappa shape index (κ1) is 23.6. The SMILES string of the molecule is CCC(C)C(NC(=O)c1ccccc1)C(=O)N1CCCC(c2nc(-c3cccc(F)c3)no2)C1. The van der Waals surface area contributed by atoms with Gasteiger partial charge in [-0.25, -0.2) is 4.39 Å². The maximum atomic E-state index is 13.6. The molecule has 8 heteroatoms. The largest absolute Gasteiger partial charge is 0.340 e. The number of nitrogens with zero attached hydrogens (tertiary/aromatic N) is 3. The number of nitrogens with one attached hydrogen (secondary N) is 1. The summed E-state index contributed by atoms with van der Waals surface area (Å²) in [6, 6.07) is 14.3. The summed E-state index contributed by atoms with van der Waals surface area (Å²) >= 11 is 0. The molecule has 1 fully saturated rings. The van der Waals surface area contributed by atoms with Crippen LogP contribution in [0, 0.1) is 11.7 Å². The average Bonchev–Trinajstić information content (AvgIpc) is 3.37. The third-order valence-electron chi connectivity index (χ3n) is 6.41. The molecule has 34 heavy (non-hydrogen) atoms. The van der Waals surface area contributed by atoms with Crippen molar-refractivity contribution in [2.45, 2.75) is 45.1 Å². The van der Waals surface area contributed by atoms with Crippen LogP contribution in [-0.4, -0.2) is 46.0 Å². The van der Waals surface area contributed by atoms with Crippen molar-refractivity contribution in [3.63, 3.8) is 0 Å². The fourth-order valence-electron chi connectivity index (χ4n) is 4.22. The van der Waals surface area contributed by atoms with E-state index in [0.717, 1.165) is 19.3 Å². The Bertz CT molecular complexity index is 1130. The van der Waals surface area contributed by atoms with Gasteiger partial charge in [-0.15, -0.1) is 0 Å². The molecule has 178 valence electrons. The van der Waals surface area contributed by atoms with Crippen LogP contribution in [0.3, 0.4) is 0 Å². The molecule has 1 aliphatic heterocycles. The Balaban J connectivity index is 1.47. The Morgan fingerprint density at radius 1 is 1.21 bits per heavy atom. The molecule has 2 aromatic carbocycles. The Morgan fingerprint density at radius 2 is 2.00 bits per heavy atom. The summed E-state index contributed by atoms with van der Waals surface area (Å²) in [5.41, 5.74) is 1.06. The van der Waals surface area contributed by atoms with Crippen molar-refractivity contribution in [2.75, 3.05) is 13.1 Å². The van der Waals surface area contributed by atoms with Crippen LogP contribution in [0.1, 0.15) is 55.3 Å². The molecule has 0 saturated carbocycles. The first-order valence-electron chi connectivity index (χ1n) is 11.7. The molecule has 4 rings (SSSR count). The minimum absolute atomic E-state index is 0.0245. The van der Waals surface area contributed by atoms with Crippen molar-refractivity contribution in [3.05, 3.63) is 71.9 Å². The second kappa shape index (κ2) is 10.6. The third kappa shape index (κ3) is 5.32. The maximum absolute atomic E-state index is 13.6. The summed E-state index contributed by atoms with van der Waals surface area (Å²) in [6.45, 7) is 5.01. The normalized spacial score (nSPS) is 17.7. The molecule has 1 N–H and O–H groups in total. The maximum Gasteiger partial charge on any atom is 0.251 e. The second-order valence-electron chi connectivity index (χ2n) is 8.79. The number of likely N-dealkylation sites (tertiary alicyclic amines) is 1. The van der Waals surface area contributed by atoms with E-state index in [0.29, 0.717) is 35.9 Å². The van der Waals surface area contributed by atoms with Crippen LogP contribution < -0.4 is 5.32 Å². The van der Waals surface area contributed by atoms with Gasteiger partial charge in [-0.2, -0.15) is 4.98 Å². The third-order valence-corrected chi connectivity index (χ3v) is 6.41. The number of aromatic nitrogens is 2. The van der Waals surface area contributed by atoms with Crippen molar-refractivity contribution < 1.29 is 18.5 Å². The van der Waals surface area contributed by atoms with Crippen LogP contribution >= 0.6 is 0 Å². The average molecular weight is 465 g/mol. The van der Waals surface area contributed by atoms with Gasteiger partial charge in [0.1, 0.15) is 11.9 Å². The molecule has 0 aliphatic carbocycles. The predicted octanol–water partition coefficient (Wildman–Crippen LogP) is 4.43. The zero-order valence-electron chi connectivity index (χ0n) is 19.4. The van der Waals surface area contributed by atoms with Crippen molar-refractivity contribution >= 4 is 11.8 Å². The minimum atomic E-state index is -0.623. The van der Waals surface area contributed by atoms with Crippen molar-refractivity contribution in [3.8, 4) is 11.4 Å². The lowest BCUT2D eigenvalue weighted by atomic mass is 9.93. The van der Waals surface area contributed by atoms with E-state index in [-0.39, 0.29) is 29.5 Å². The van der Waals surface area contributed by atoms with Crippen LogP contribution in [0.15, 0.2) is 59.1 Å². The standard InChI is InChI=1S/C26H29FN4O3/c1-3-17(2)22(28-24(32)18-9-5-4-6-10-18)26(33)31-14-8-12-20(16-31)25-29-23(30-34-25)19-11-7-13-21(27)15-19/h4-7,9-11,13,15,17,20,22H,3,8,12,14,16H2,1-2H3,(H,28,32). The monoisotopic (exact) mass is 464 g/mol. The number of amides is 2. The molecule has 1 aromatic heterocycles. The number of benzene rings is 2. The van der Waals surface area contributed by atoms with E-state index >= 15 is 0 Å². The van der Waals surface area contributed by atoms with Crippen LogP contribution in [0.5, 0.6) is 0 Å². The molecule has 0 spiro atoms. The van der Waals surface area contributed by atoms with Gasteiger partial charge in [0.2, 0.25) is 17.6 Å². The smallest absolute Gasteiger partial charge is 0.251 e. The molecule has 0 bridgehead atoms. The Labute approximate surface area is 198 Å². The topological polar surface area (TPSA) is 88.3 Å². The first-order valence-corrected chi connectivity index (χ1v) is 11.7. The lowest BCUT2D eigenvalue weighted by Gasteiger charge is -2.35. The van der Waals surface area contributed by atoms with Gasteiger partial charge in [0.15, 0.2) is 0 Å². The van der Waals surface area contributed by atoms with Gasteiger partial charge in [0.05, 0.1) is 5.92 Å². The van der Waals surface area contributed by atoms with E-state index in [1.807, 2.05) is 19.9 Å². The Hall–Kier alpha value is -3.55. The van der Waals surface area contributed by atoms with E-state index in [4.69, 9.17) is 4.52 Å². The predicted molar refractivity (Wildman–Crippen MR) is 125 cm³/mol. The summed E-state index contributed by atoms with van der Waals surface area (Å²) in [6.07, 6.45) is 2.34. The number of piperidine rings is 1. The summed E-state index contributed by atoms with van der Waals surface area (Å²) in [5, 5.41) is 6.96. The number of carbonyl (C=O) groups excluding carboxylic acids is 2. The van der Waals surface area contributed by atoms with Gasteiger partial charge < -0.3 is 14.7 Å². The Morgan fingerprint density at radius 3 is 2.74 bits per heavy atom. The summed E-state index contributed by atoms with van der Waals surface area (Å²) in [5.74, 6) is -0.112. The summed E-state index contributed by atoms with van der Waals surface area (Å²) in [4.78, 5) is 32.5. The van der Waals surface area contributed by atoms with Crippen LogP contribution in [0.25, 0.3) is 11.4 Å². The van der Waals surface area contributed by atoms with Gasteiger partial charge >= 0.3 is 0 Å². The highest BCUT2D eigenvalue weighted by Gasteiger charge is 2.34. The highest BCUT2D eigenvalue weighted by Crippen LogP contribution is 2.28. The van der Waals surface area contributed by atoms with Crippen molar-refractivity contribution in [1.82, 2.24) is 20.4 Å². The molecule has 1 aliphatic rings. The summed E-state index contributed by atoms with van der Waals surface area (Å²) < 4.78 is 19.0. The van der Waals surface area contributed by atoms with Gasteiger partial charge in [0.25, 0.3) is 5.91 Å². The molecule has 2 amide bonds. The van der Waals surface area contributed by atoms with E-state index in [9.17, 15) is 14.0 Å². The molecule has 7 nitrogen and oxygen atoms in total. The van der Waals surface area contributed by atoms with Crippen LogP contribution in [0.2, 0.25) is 0 Å². The first-order chi connectivity index (χ1) is 16.5. The fraction of sp³-hybridized carbons (Fsp3) is 0.385. The zero-order chi connectivity index (χ0) is 24.1. The molecule has 0 radical (unpaired) electrons. The van der Waals surface area contributed by atoms with Crippen molar-refractivity contribution in [2.24, 2.45) is 5.92 Å². The van der Waals surface area contributed by atoms with E-state index in [1.54, 1.807) is 41.3 Å². The van der Waals surface area contributed by atoms with Gasteiger partial charge in [0, 0.05) is 24.2 Å². The van der Waals surface area contributed by atoms with E-state index in [2.05, 4.69) is 15.5 Å². The number of halogens is 1. The zero-order valence-corrected chi connectivity index (χ0v) is 19.4. The molecule has 2 heterocycles. The highest BCUT2D eigenvalue weighted by atomic mass is 19.1. The fourth-order valence-corrected chi connectivity index (χ4v) is 4.22. The number of hydrogen-bond donors (Lipinski definition) is 1. The van der Waals surface area contributed by atoms with Gasteiger partial charge in [-0.1, -0.05) is 55.8 Å². The number of rotatable bonds is 7. The van der Waals surface area contributed by atoms with Crippen molar-refractivity contribution in [1.29, 1.82) is 0 Å². The van der Waals surface area contributed by atoms with Crippen LogP contribution in [0.4, 0.5) is 4.39 Å². The lowest BCUT2D eigenvalue weighted by molar-refractivity contribution is -0.135. The quantitative estimate of drug-likeness (QED) is 0.559. The minimum Gasteiger partial charge on any atom is -0.340 e. The lowest BCUT2D eigenvalue weighted by Crippen LogP contribution is -2.53. The van der Waals surface area contributed by atoms with Gasteiger partial charge in [-0.3, -0.25) is 9.59 Å². The second-order valence-corrected chi connectivity index (χ2v) is 8.79. The Kier molecular flexibility index (Phi) is 7.35. The molecule has 3 aromatic rings. The van der Waals surface area contributed by atoms with E-state index < -0.39 is 6.04 Å². The highest BCUT2D eigenvalue weighted by molar-refractivity contribution is 5.97. The molecule has 3 unspecified atom stereocenters. The van der Waals surface area contributed by atoms with E-state index in [1.165, 1.54) is 12.1 Å². The van der Waals surface area contributed by atoms with Gasteiger partial charge in [-0.05, 0) is 43.0 Å². The number of carbonyl (C=O) groups is 2. The molecular formula is C26H29FN4O3. The molecule has 3 atom stereocenters. The van der Waals surface area contributed by atoms with Crippen LogP contribution in [-0.2, 0) is 4.79 Å². The number of hydrogen-bond acceptors (Lipinski definition) is 5.